The standard InChI is InChI=1S/C9H9BrN2O4/c1-16-7(14)4-12-9(15)8-6(13)2-5(10)3-11-8/h2-3,13H,4H2,1H3,(H,12,15). The number of methoxy groups -OCH3 is 1. The van der Waals surface area contributed by atoms with Crippen molar-refractivity contribution >= 4 is 27.8 Å². The van der Waals surface area contributed by atoms with E-state index in [0.29, 0.717) is 4.47 Å². The minimum atomic E-state index is -0.643. The highest BCUT2D eigenvalue weighted by Crippen LogP contribution is 2.19. The summed E-state index contributed by atoms with van der Waals surface area (Å²) in [6.45, 7) is -0.271. The molecule has 86 valence electrons. The first kappa shape index (κ1) is 12.4. The van der Waals surface area contributed by atoms with Gasteiger partial charge in [0.2, 0.25) is 0 Å². The minimum Gasteiger partial charge on any atom is -0.505 e. The van der Waals surface area contributed by atoms with Crippen LogP contribution < -0.4 is 5.32 Å². The summed E-state index contributed by atoms with van der Waals surface area (Å²) in [6.07, 6.45) is 1.37. The molecule has 0 bridgehead atoms. The van der Waals surface area contributed by atoms with E-state index in [9.17, 15) is 14.7 Å². The Labute approximate surface area is 99.8 Å². The first-order valence-corrected chi connectivity index (χ1v) is 5.03. The van der Waals surface area contributed by atoms with Crippen molar-refractivity contribution in [2.75, 3.05) is 13.7 Å². The number of ether oxygens (including phenoxy) is 1. The molecule has 0 aliphatic heterocycles. The predicted molar refractivity (Wildman–Crippen MR) is 58.0 cm³/mol. The molecule has 1 rings (SSSR count). The molecule has 1 heterocycles. The summed E-state index contributed by atoms with van der Waals surface area (Å²) in [4.78, 5) is 25.9. The maximum Gasteiger partial charge on any atom is 0.325 e. The second-order valence-corrected chi connectivity index (χ2v) is 3.70. The van der Waals surface area contributed by atoms with Gasteiger partial charge in [-0.3, -0.25) is 9.59 Å². The lowest BCUT2D eigenvalue weighted by molar-refractivity contribution is -0.139. The third-order valence-electron chi connectivity index (χ3n) is 1.67. The summed E-state index contributed by atoms with van der Waals surface area (Å²) in [5, 5.41) is 11.7. The van der Waals surface area contributed by atoms with Crippen molar-refractivity contribution in [2.24, 2.45) is 0 Å². The molecule has 1 aromatic heterocycles. The van der Waals surface area contributed by atoms with Crippen molar-refractivity contribution in [3.05, 3.63) is 22.4 Å². The number of halogens is 1. The lowest BCUT2D eigenvalue weighted by Gasteiger charge is -2.04. The van der Waals surface area contributed by atoms with Crippen LogP contribution in [0.25, 0.3) is 0 Å². The van der Waals surface area contributed by atoms with E-state index in [1.165, 1.54) is 19.4 Å². The van der Waals surface area contributed by atoms with Crippen LogP contribution in [0.2, 0.25) is 0 Å². The smallest absolute Gasteiger partial charge is 0.325 e. The Hall–Kier alpha value is -1.63. The quantitative estimate of drug-likeness (QED) is 0.789. The zero-order valence-corrected chi connectivity index (χ0v) is 9.94. The van der Waals surface area contributed by atoms with Crippen LogP contribution in [-0.2, 0) is 9.53 Å². The van der Waals surface area contributed by atoms with Crippen LogP contribution in [0.15, 0.2) is 16.7 Å². The van der Waals surface area contributed by atoms with E-state index < -0.39 is 11.9 Å². The van der Waals surface area contributed by atoms with Gasteiger partial charge < -0.3 is 15.2 Å². The van der Waals surface area contributed by atoms with Gasteiger partial charge in [0.25, 0.3) is 5.91 Å². The number of rotatable bonds is 3. The molecule has 0 saturated carbocycles. The van der Waals surface area contributed by atoms with Gasteiger partial charge in [-0.1, -0.05) is 0 Å². The second-order valence-electron chi connectivity index (χ2n) is 2.78. The first-order chi connectivity index (χ1) is 7.54. The van der Waals surface area contributed by atoms with Crippen LogP contribution in [-0.4, -0.2) is 35.6 Å². The number of carbonyl (C=O) groups excluding carboxylic acids is 2. The molecule has 0 saturated heterocycles. The van der Waals surface area contributed by atoms with Gasteiger partial charge in [0.05, 0.1) is 7.11 Å². The largest absolute Gasteiger partial charge is 0.505 e. The van der Waals surface area contributed by atoms with Crippen LogP contribution >= 0.6 is 15.9 Å². The Kier molecular flexibility index (Phi) is 4.24. The van der Waals surface area contributed by atoms with Gasteiger partial charge in [-0.25, -0.2) is 4.98 Å². The summed E-state index contributed by atoms with van der Waals surface area (Å²) in [6, 6.07) is 1.33. The summed E-state index contributed by atoms with van der Waals surface area (Å²) in [5.74, 6) is -1.49. The minimum absolute atomic E-state index is 0.146. The van der Waals surface area contributed by atoms with E-state index in [1.807, 2.05) is 0 Å². The number of aromatic nitrogens is 1. The summed E-state index contributed by atoms with van der Waals surface area (Å²) < 4.78 is 4.89. The van der Waals surface area contributed by atoms with E-state index >= 15 is 0 Å². The molecule has 0 atom stereocenters. The third kappa shape index (κ3) is 3.20. The molecule has 0 aliphatic rings. The van der Waals surface area contributed by atoms with E-state index in [-0.39, 0.29) is 18.0 Å². The molecule has 0 fully saturated rings. The maximum absolute atomic E-state index is 11.4. The Morgan fingerprint density at radius 3 is 2.88 bits per heavy atom. The Bertz CT molecular complexity index is 422. The van der Waals surface area contributed by atoms with Crippen molar-refractivity contribution in [3.8, 4) is 5.75 Å². The van der Waals surface area contributed by atoms with E-state index in [2.05, 4.69) is 31.0 Å². The summed E-state index contributed by atoms with van der Waals surface area (Å²) in [5.41, 5.74) is -0.146. The SMILES string of the molecule is COC(=O)CNC(=O)c1ncc(Br)cc1O. The molecule has 0 aromatic carbocycles. The van der Waals surface area contributed by atoms with Gasteiger partial charge in [-0.15, -0.1) is 0 Å². The molecular formula is C9H9BrN2O4. The van der Waals surface area contributed by atoms with E-state index in [0.717, 1.165) is 0 Å². The normalized spacial score (nSPS) is 9.62. The molecule has 16 heavy (non-hydrogen) atoms. The monoisotopic (exact) mass is 288 g/mol. The lowest BCUT2D eigenvalue weighted by Crippen LogP contribution is -2.30. The molecule has 1 aromatic rings. The van der Waals surface area contributed by atoms with E-state index in [4.69, 9.17) is 0 Å². The predicted octanol–water partition coefficient (Wildman–Crippen LogP) is 0.452. The number of esters is 1. The Balaban J connectivity index is 2.70. The number of amides is 1. The Morgan fingerprint density at radius 1 is 1.62 bits per heavy atom. The number of hydrogen-bond acceptors (Lipinski definition) is 5. The number of carbonyl (C=O) groups is 2. The Morgan fingerprint density at radius 2 is 2.31 bits per heavy atom. The first-order valence-electron chi connectivity index (χ1n) is 4.24. The molecule has 6 nitrogen and oxygen atoms in total. The van der Waals surface area contributed by atoms with Crippen LogP contribution in [0.5, 0.6) is 5.75 Å². The van der Waals surface area contributed by atoms with Gasteiger partial charge in [0.15, 0.2) is 5.69 Å². The highest BCUT2D eigenvalue weighted by atomic mass is 79.9. The molecule has 2 N–H and O–H groups in total. The molecular weight excluding hydrogens is 280 g/mol. The molecule has 0 aliphatic carbocycles. The highest BCUT2D eigenvalue weighted by Gasteiger charge is 2.14. The fourth-order valence-corrected chi connectivity index (χ4v) is 1.23. The fourth-order valence-electron chi connectivity index (χ4n) is 0.912. The number of pyridine rings is 1. The van der Waals surface area contributed by atoms with Crippen molar-refractivity contribution in [1.29, 1.82) is 0 Å². The molecule has 0 radical (unpaired) electrons. The molecule has 0 spiro atoms. The number of nitrogens with zero attached hydrogens (tertiary/aromatic N) is 1. The number of aromatic hydroxyl groups is 1. The maximum atomic E-state index is 11.4. The van der Waals surface area contributed by atoms with Gasteiger partial charge >= 0.3 is 5.97 Å². The van der Waals surface area contributed by atoms with Crippen molar-refractivity contribution in [2.45, 2.75) is 0 Å². The topological polar surface area (TPSA) is 88.5 Å². The fraction of sp³-hybridized carbons (Fsp3) is 0.222. The molecule has 7 heteroatoms. The average Bonchev–Trinajstić information content (AvgIpc) is 2.25. The summed E-state index contributed by atoms with van der Waals surface area (Å²) in [7, 11) is 1.21. The van der Waals surface area contributed by atoms with Crippen LogP contribution in [0.4, 0.5) is 0 Å². The van der Waals surface area contributed by atoms with Gasteiger partial charge in [0, 0.05) is 10.7 Å². The van der Waals surface area contributed by atoms with Crippen LogP contribution in [0.3, 0.4) is 0 Å². The number of nitrogens with one attached hydrogen (secondary N) is 1. The van der Waals surface area contributed by atoms with Crippen molar-refractivity contribution < 1.29 is 19.4 Å². The molecule has 1 amide bonds. The van der Waals surface area contributed by atoms with E-state index in [1.54, 1.807) is 0 Å². The van der Waals surface area contributed by atoms with Crippen LogP contribution in [0.1, 0.15) is 10.5 Å². The van der Waals surface area contributed by atoms with Gasteiger partial charge in [0.1, 0.15) is 12.3 Å². The second kappa shape index (κ2) is 5.45. The zero-order valence-electron chi connectivity index (χ0n) is 8.36. The third-order valence-corrected chi connectivity index (χ3v) is 2.10. The molecule has 0 unspecified atom stereocenters. The summed E-state index contributed by atoms with van der Waals surface area (Å²) >= 11 is 3.09. The number of hydrogen-bond donors (Lipinski definition) is 2. The van der Waals surface area contributed by atoms with Gasteiger partial charge in [-0.2, -0.15) is 0 Å². The van der Waals surface area contributed by atoms with Gasteiger partial charge in [-0.05, 0) is 22.0 Å². The highest BCUT2D eigenvalue weighted by molar-refractivity contribution is 9.10. The zero-order chi connectivity index (χ0) is 12.1. The average molecular weight is 289 g/mol. The lowest BCUT2D eigenvalue weighted by atomic mass is 10.3. The van der Waals surface area contributed by atoms with Crippen molar-refractivity contribution in [3.63, 3.8) is 0 Å². The van der Waals surface area contributed by atoms with Crippen molar-refractivity contribution in [1.82, 2.24) is 10.3 Å². The van der Waals surface area contributed by atoms with Crippen LogP contribution in [0, 0.1) is 0 Å².